The largest absolute Gasteiger partial charge is 0.387 e. The molecule has 1 saturated heterocycles. The molecule has 5 atom stereocenters. The van der Waals surface area contributed by atoms with E-state index in [1.165, 1.54) is 54.8 Å². The van der Waals surface area contributed by atoms with Gasteiger partial charge in [-0.1, -0.05) is 43.9 Å². The average molecular weight is 567 g/mol. The van der Waals surface area contributed by atoms with Crippen LogP contribution in [0.25, 0.3) is 11.2 Å². The zero-order valence-corrected chi connectivity index (χ0v) is 22.0. The molecule has 3 heterocycles. The molecule has 14 nitrogen and oxygen atoms in total. The second-order valence-corrected chi connectivity index (χ2v) is 14.2. The summed E-state index contributed by atoms with van der Waals surface area (Å²) in [5.41, 5.74) is 6.66. The summed E-state index contributed by atoms with van der Waals surface area (Å²) in [5, 5.41) is 21.4. The first-order valence-corrected chi connectivity index (χ1v) is 16.1. The predicted molar refractivity (Wildman–Crippen MR) is 130 cm³/mol. The maximum absolute atomic E-state index is 11.9. The number of imidazole rings is 1. The molecule has 2 aliphatic rings. The second-order valence-electron chi connectivity index (χ2n) is 9.14. The van der Waals surface area contributed by atoms with Crippen LogP contribution >= 0.6 is 27.0 Å². The number of aromatic nitrogens is 4. The Balaban J connectivity index is 1.45. The third kappa shape index (κ3) is 6.84. The number of rotatable bonds is 10. The summed E-state index contributed by atoms with van der Waals surface area (Å²) in [4.78, 5) is 40.5. The molecule has 0 radical (unpaired) electrons. The van der Waals surface area contributed by atoms with Crippen molar-refractivity contribution >= 4 is 43.9 Å². The summed E-state index contributed by atoms with van der Waals surface area (Å²) in [6.45, 7) is -0.686. The van der Waals surface area contributed by atoms with Crippen LogP contribution in [0.1, 0.15) is 44.8 Å². The van der Waals surface area contributed by atoms with E-state index >= 15 is 0 Å². The summed E-state index contributed by atoms with van der Waals surface area (Å²) in [7, 11) is -9.47. The molecular formula is C19H31N5O9P2S. The van der Waals surface area contributed by atoms with Crippen molar-refractivity contribution in [3.8, 4) is 0 Å². The highest BCUT2D eigenvalue weighted by molar-refractivity contribution is 7.99. The molecule has 1 aliphatic heterocycles. The maximum Gasteiger partial charge on any atom is 0.340 e. The number of nitrogen functional groups attached to an aromatic ring is 1. The van der Waals surface area contributed by atoms with Gasteiger partial charge in [-0.2, -0.15) is 0 Å². The van der Waals surface area contributed by atoms with E-state index in [9.17, 15) is 24.2 Å². The highest BCUT2D eigenvalue weighted by Gasteiger charge is 2.45. The first kappa shape index (κ1) is 27.9. The highest BCUT2D eigenvalue weighted by Crippen LogP contribution is 2.55. The Morgan fingerprint density at radius 2 is 1.86 bits per heavy atom. The average Bonchev–Trinajstić information content (AvgIpc) is 3.33. The van der Waals surface area contributed by atoms with Gasteiger partial charge in [-0.15, -0.1) is 0 Å². The monoisotopic (exact) mass is 567 g/mol. The Morgan fingerprint density at radius 3 is 2.56 bits per heavy atom. The molecule has 0 bridgehead atoms. The van der Waals surface area contributed by atoms with Gasteiger partial charge in [0.2, 0.25) is 0 Å². The number of hydrogen-bond acceptors (Lipinski definition) is 11. The standard InChI is InChI=1S/C19H31N5O9P2S/c20-16-13-17(23-19(22-16)36-7-6-11-4-2-1-3-5-11)24(9-21-13)18-15(26)14(25)12(33-18)8-32-35(30,31)10-34(27,28)29/h9,11-12,14-15,18,25-26H,1-8,10H2,(H,30,31)(H2,20,22,23)(H2,27,28,29)/t12-,14-,15-,18-/m1/s1. The number of nitrogens with zero attached hydrogens (tertiary/aromatic N) is 4. The summed E-state index contributed by atoms with van der Waals surface area (Å²) in [5.74, 6) is 0.320. The normalized spacial score (nSPS) is 27.5. The van der Waals surface area contributed by atoms with Gasteiger partial charge in [-0.05, 0) is 12.3 Å². The van der Waals surface area contributed by atoms with Crippen LogP contribution in [0.15, 0.2) is 11.5 Å². The van der Waals surface area contributed by atoms with Gasteiger partial charge in [0.05, 0.1) is 12.9 Å². The molecule has 1 unspecified atom stereocenters. The van der Waals surface area contributed by atoms with Crippen LogP contribution in [0.3, 0.4) is 0 Å². The number of hydrogen-bond donors (Lipinski definition) is 6. The molecule has 0 amide bonds. The molecule has 2 aromatic heterocycles. The SMILES string of the molecule is Nc1nc(SCCC2CCCCC2)nc2c1ncn2[C@@H]1O[C@H](COP(=O)(O)CP(=O)(O)O)[C@@H](O)[C@H]1O. The Morgan fingerprint density at radius 1 is 1.14 bits per heavy atom. The predicted octanol–water partition coefficient (Wildman–Crippen LogP) is 1.43. The summed E-state index contributed by atoms with van der Waals surface area (Å²) < 4.78 is 34.7. The fourth-order valence-corrected chi connectivity index (χ4v) is 8.04. The van der Waals surface area contributed by atoms with Crippen LogP contribution < -0.4 is 5.73 Å². The number of ether oxygens (including phenoxy) is 1. The smallest absolute Gasteiger partial charge is 0.340 e. The number of thioether (sulfide) groups is 1. The third-order valence-corrected chi connectivity index (χ3v) is 10.7. The zero-order valence-electron chi connectivity index (χ0n) is 19.4. The van der Waals surface area contributed by atoms with Crippen LogP contribution in [0, 0.1) is 5.92 Å². The first-order valence-electron chi connectivity index (χ1n) is 11.6. The third-order valence-electron chi connectivity index (χ3n) is 6.32. The molecule has 202 valence electrons. The van der Waals surface area contributed by atoms with Crippen molar-refractivity contribution < 1.29 is 43.3 Å². The Bertz CT molecular complexity index is 1160. The lowest BCUT2D eigenvalue weighted by Gasteiger charge is -2.20. The van der Waals surface area contributed by atoms with Gasteiger partial charge < -0.3 is 39.9 Å². The lowest BCUT2D eigenvalue weighted by molar-refractivity contribution is -0.0484. The van der Waals surface area contributed by atoms with Crippen molar-refractivity contribution in [3.05, 3.63) is 6.33 Å². The number of fused-ring (bicyclic) bond motifs is 1. The summed E-state index contributed by atoms with van der Waals surface area (Å²) >= 11 is 1.48. The van der Waals surface area contributed by atoms with E-state index in [4.69, 9.17) is 24.8 Å². The fraction of sp³-hybridized carbons (Fsp3) is 0.737. The van der Waals surface area contributed by atoms with E-state index in [1.54, 1.807) is 0 Å². The van der Waals surface area contributed by atoms with Crippen LogP contribution in [0.5, 0.6) is 0 Å². The van der Waals surface area contributed by atoms with Crippen molar-refractivity contribution in [2.45, 2.75) is 68.2 Å². The van der Waals surface area contributed by atoms with E-state index in [2.05, 4.69) is 15.0 Å². The van der Waals surface area contributed by atoms with Crippen LogP contribution in [0.2, 0.25) is 0 Å². The van der Waals surface area contributed by atoms with Crippen LogP contribution in [-0.2, 0) is 18.4 Å². The number of aliphatic hydroxyl groups is 2. The topological polar surface area (TPSA) is 223 Å². The molecule has 0 spiro atoms. The molecule has 7 N–H and O–H groups in total. The first-order chi connectivity index (χ1) is 16.9. The van der Waals surface area contributed by atoms with E-state index < -0.39 is 52.2 Å². The number of anilines is 1. The minimum absolute atomic E-state index is 0.158. The van der Waals surface area contributed by atoms with Crippen LogP contribution in [-0.4, -0.2) is 81.0 Å². The Hall–Kier alpha value is -1.12. The molecule has 4 rings (SSSR count). The molecule has 1 saturated carbocycles. The van der Waals surface area contributed by atoms with Crippen molar-refractivity contribution in [3.63, 3.8) is 0 Å². The lowest BCUT2D eigenvalue weighted by Crippen LogP contribution is -2.33. The fourth-order valence-electron chi connectivity index (χ4n) is 4.52. The molecule has 2 aromatic rings. The van der Waals surface area contributed by atoms with E-state index in [-0.39, 0.29) is 17.0 Å². The maximum atomic E-state index is 11.9. The van der Waals surface area contributed by atoms with Gasteiger partial charge in [0, 0.05) is 5.75 Å². The molecule has 1 aliphatic carbocycles. The zero-order chi connectivity index (χ0) is 26.1. The molecule has 2 fully saturated rings. The van der Waals surface area contributed by atoms with Crippen molar-refractivity contribution in [1.29, 1.82) is 0 Å². The Kier molecular flexibility index (Phi) is 8.77. The van der Waals surface area contributed by atoms with E-state index in [0.29, 0.717) is 11.1 Å². The molecule has 0 aromatic carbocycles. The molecule has 36 heavy (non-hydrogen) atoms. The van der Waals surface area contributed by atoms with Crippen molar-refractivity contribution in [2.75, 3.05) is 24.0 Å². The quantitative estimate of drug-likeness (QED) is 0.136. The van der Waals surface area contributed by atoms with E-state index in [1.807, 2.05) is 0 Å². The summed E-state index contributed by atoms with van der Waals surface area (Å²) in [6, 6.07) is 0. The summed E-state index contributed by atoms with van der Waals surface area (Å²) in [6.07, 6.45) is 3.27. The van der Waals surface area contributed by atoms with Gasteiger partial charge in [-0.25, -0.2) is 15.0 Å². The Labute approximate surface area is 211 Å². The van der Waals surface area contributed by atoms with Crippen molar-refractivity contribution in [2.24, 2.45) is 5.92 Å². The van der Waals surface area contributed by atoms with Gasteiger partial charge in [0.15, 0.2) is 28.8 Å². The van der Waals surface area contributed by atoms with Gasteiger partial charge in [0.1, 0.15) is 23.8 Å². The highest BCUT2D eigenvalue weighted by atomic mass is 32.2. The van der Waals surface area contributed by atoms with Gasteiger partial charge >= 0.3 is 15.2 Å². The molecular weight excluding hydrogens is 536 g/mol. The lowest BCUT2D eigenvalue weighted by atomic mass is 9.88. The van der Waals surface area contributed by atoms with Gasteiger partial charge in [0.25, 0.3) is 0 Å². The van der Waals surface area contributed by atoms with Crippen molar-refractivity contribution in [1.82, 2.24) is 19.5 Å². The van der Waals surface area contributed by atoms with Crippen LogP contribution in [0.4, 0.5) is 5.82 Å². The minimum atomic E-state index is -4.81. The second kappa shape index (κ2) is 11.3. The minimum Gasteiger partial charge on any atom is -0.387 e. The van der Waals surface area contributed by atoms with Gasteiger partial charge in [-0.3, -0.25) is 13.7 Å². The van der Waals surface area contributed by atoms with E-state index in [0.717, 1.165) is 12.2 Å². The molecule has 17 heteroatoms. The number of nitrogens with two attached hydrogens (primary N) is 1. The number of aliphatic hydroxyl groups excluding tert-OH is 2.